The zero-order valence-electron chi connectivity index (χ0n) is 22.1. The van der Waals surface area contributed by atoms with Crippen molar-refractivity contribution in [1.82, 2.24) is 0 Å². The summed E-state index contributed by atoms with van der Waals surface area (Å²) in [6.07, 6.45) is 0.353. The van der Waals surface area contributed by atoms with Gasteiger partial charge in [-0.05, 0) is 60.7 Å². The Morgan fingerprint density at radius 2 is 1.84 bits per heavy atom. The van der Waals surface area contributed by atoms with Crippen LogP contribution in [0.4, 0.5) is 0 Å². The minimum Gasteiger partial charge on any atom is -0.489 e. The van der Waals surface area contributed by atoms with Crippen LogP contribution in [0.1, 0.15) is 55.9 Å². The highest BCUT2D eigenvalue weighted by molar-refractivity contribution is 6.30. The van der Waals surface area contributed by atoms with E-state index in [0.29, 0.717) is 23.1 Å². The monoisotopic (exact) mass is 534 g/mol. The summed E-state index contributed by atoms with van der Waals surface area (Å²) in [5.74, 6) is 0.432. The highest BCUT2D eigenvalue weighted by atomic mass is 35.5. The van der Waals surface area contributed by atoms with Crippen LogP contribution in [-0.2, 0) is 16.1 Å². The van der Waals surface area contributed by atoms with Crippen LogP contribution in [-0.4, -0.2) is 23.8 Å². The number of carbonyl (C=O) groups is 1. The summed E-state index contributed by atoms with van der Waals surface area (Å²) in [5.41, 5.74) is 3.95. The fourth-order valence-electron chi connectivity index (χ4n) is 5.18. The summed E-state index contributed by atoms with van der Waals surface area (Å²) in [4.78, 5) is 11.3. The van der Waals surface area contributed by atoms with E-state index in [1.807, 2.05) is 61.5 Å². The lowest BCUT2D eigenvalue weighted by molar-refractivity contribution is -0.139. The minimum atomic E-state index is -1.04. The fraction of sp³-hybridized carbons (Fsp3) is 0.344. The Bertz CT molecular complexity index is 1260. The molecule has 5 nitrogen and oxygen atoms in total. The lowest BCUT2D eigenvalue weighted by Crippen LogP contribution is -2.39. The lowest BCUT2D eigenvalue weighted by atomic mass is 9.73. The van der Waals surface area contributed by atoms with E-state index in [1.165, 1.54) is 0 Å². The van der Waals surface area contributed by atoms with Crippen LogP contribution < -0.4 is 9.47 Å². The minimum absolute atomic E-state index is 0.0227. The van der Waals surface area contributed by atoms with E-state index in [9.17, 15) is 9.90 Å². The van der Waals surface area contributed by atoms with Crippen LogP contribution in [0.2, 0.25) is 5.02 Å². The predicted octanol–water partition coefficient (Wildman–Crippen LogP) is 7.84. The molecule has 0 amide bonds. The van der Waals surface area contributed by atoms with Gasteiger partial charge >= 0.3 is 5.97 Å². The largest absolute Gasteiger partial charge is 0.489 e. The highest BCUT2D eigenvalue weighted by Crippen LogP contribution is 2.50. The summed E-state index contributed by atoms with van der Waals surface area (Å²) in [6.45, 7) is 10.6. The van der Waals surface area contributed by atoms with Crippen LogP contribution in [0, 0.1) is 11.8 Å². The predicted molar refractivity (Wildman–Crippen MR) is 150 cm³/mol. The highest BCUT2D eigenvalue weighted by Gasteiger charge is 2.42. The molecule has 0 unspecified atom stereocenters. The molecule has 1 saturated heterocycles. The van der Waals surface area contributed by atoms with Gasteiger partial charge in [0.15, 0.2) is 6.61 Å². The van der Waals surface area contributed by atoms with Crippen molar-refractivity contribution in [2.24, 2.45) is 11.8 Å². The van der Waals surface area contributed by atoms with Crippen molar-refractivity contribution in [3.05, 3.63) is 107 Å². The summed E-state index contributed by atoms with van der Waals surface area (Å²) < 4.78 is 18.7. The van der Waals surface area contributed by atoms with Crippen molar-refractivity contribution in [2.75, 3.05) is 6.61 Å². The number of carboxylic acids is 1. The van der Waals surface area contributed by atoms with Gasteiger partial charge in [-0.2, -0.15) is 0 Å². The molecule has 0 spiro atoms. The standard InChI is InChI=1S/C32H35ClO5/c1-20(2)26-17-27(23-11-8-12-24(33)15-23)31(21(3)4)38-32(26)28-16-25(13-14-29(28)37-19-30(34)35)36-18-22-9-6-5-7-10-22/h5-16,21,26-27,31-32H,1,17-19H2,2-4H3,(H,34,35)/t26-,27-,31+,32+/m1/s1. The number of ether oxygens (including phenoxy) is 3. The third-order valence-electron chi connectivity index (χ3n) is 7.03. The molecule has 4 atom stereocenters. The molecule has 6 heteroatoms. The second kappa shape index (κ2) is 12.5. The van der Waals surface area contributed by atoms with Gasteiger partial charge in [-0.3, -0.25) is 0 Å². The van der Waals surface area contributed by atoms with Crippen molar-refractivity contribution in [2.45, 2.75) is 51.9 Å². The number of hydrogen-bond acceptors (Lipinski definition) is 4. The molecular formula is C32H35ClO5. The second-order valence-electron chi connectivity index (χ2n) is 10.3. The maximum absolute atomic E-state index is 11.3. The van der Waals surface area contributed by atoms with E-state index in [0.717, 1.165) is 28.7 Å². The van der Waals surface area contributed by atoms with Crippen molar-refractivity contribution in [1.29, 1.82) is 0 Å². The first-order chi connectivity index (χ1) is 18.2. The first-order valence-electron chi connectivity index (χ1n) is 12.9. The molecule has 0 aromatic heterocycles. The summed E-state index contributed by atoms with van der Waals surface area (Å²) in [5, 5.41) is 9.97. The number of carboxylic acid groups (broad SMARTS) is 1. The van der Waals surface area contributed by atoms with E-state index >= 15 is 0 Å². The maximum atomic E-state index is 11.3. The number of halogens is 1. The average molecular weight is 535 g/mol. The molecule has 0 radical (unpaired) electrons. The van der Waals surface area contributed by atoms with Crippen LogP contribution in [0.3, 0.4) is 0 Å². The molecule has 200 valence electrons. The van der Waals surface area contributed by atoms with Crippen molar-refractivity contribution < 1.29 is 24.1 Å². The Balaban J connectivity index is 1.70. The van der Waals surface area contributed by atoms with Gasteiger partial charge in [0, 0.05) is 22.4 Å². The summed E-state index contributed by atoms with van der Waals surface area (Å²) in [7, 11) is 0. The number of aliphatic carboxylic acids is 1. The molecule has 3 aromatic carbocycles. The van der Waals surface area contributed by atoms with Crippen molar-refractivity contribution in [3.8, 4) is 11.5 Å². The van der Waals surface area contributed by atoms with Crippen LogP contribution >= 0.6 is 11.6 Å². The van der Waals surface area contributed by atoms with Crippen LogP contribution in [0.5, 0.6) is 11.5 Å². The number of rotatable bonds is 10. The van der Waals surface area contributed by atoms with Crippen LogP contribution in [0.25, 0.3) is 0 Å². The summed E-state index contributed by atoms with van der Waals surface area (Å²) >= 11 is 6.35. The Kier molecular flexibility index (Phi) is 9.13. The summed E-state index contributed by atoms with van der Waals surface area (Å²) in [6, 6.07) is 23.4. The number of benzene rings is 3. The normalized spacial score (nSPS) is 21.2. The first kappa shape index (κ1) is 27.7. The molecule has 3 aromatic rings. The third-order valence-corrected chi connectivity index (χ3v) is 7.26. The molecule has 1 aliphatic rings. The zero-order valence-corrected chi connectivity index (χ0v) is 22.9. The average Bonchev–Trinajstić information content (AvgIpc) is 2.90. The van der Waals surface area contributed by atoms with Gasteiger partial charge in [-0.25, -0.2) is 4.79 Å². The van der Waals surface area contributed by atoms with Gasteiger partial charge < -0.3 is 19.3 Å². The topological polar surface area (TPSA) is 65.0 Å². The quantitative estimate of drug-likeness (QED) is 0.268. The third kappa shape index (κ3) is 6.77. The van der Waals surface area contributed by atoms with Gasteiger partial charge in [-0.1, -0.05) is 80.1 Å². The van der Waals surface area contributed by atoms with Gasteiger partial charge in [-0.15, -0.1) is 0 Å². The molecule has 0 saturated carbocycles. The maximum Gasteiger partial charge on any atom is 0.341 e. The van der Waals surface area contributed by atoms with E-state index in [2.05, 4.69) is 26.5 Å². The van der Waals surface area contributed by atoms with E-state index in [1.54, 1.807) is 12.1 Å². The Morgan fingerprint density at radius 3 is 2.50 bits per heavy atom. The van der Waals surface area contributed by atoms with Gasteiger partial charge in [0.2, 0.25) is 0 Å². The molecule has 1 heterocycles. The molecule has 38 heavy (non-hydrogen) atoms. The van der Waals surface area contributed by atoms with Gasteiger partial charge in [0.1, 0.15) is 18.1 Å². The molecule has 0 aliphatic carbocycles. The first-order valence-corrected chi connectivity index (χ1v) is 13.3. The smallest absolute Gasteiger partial charge is 0.341 e. The molecule has 1 N–H and O–H groups in total. The molecular weight excluding hydrogens is 500 g/mol. The molecule has 1 fully saturated rings. The Morgan fingerprint density at radius 1 is 1.08 bits per heavy atom. The van der Waals surface area contributed by atoms with Gasteiger partial charge in [0.05, 0.1) is 12.2 Å². The second-order valence-corrected chi connectivity index (χ2v) is 10.7. The molecule has 0 bridgehead atoms. The fourth-order valence-corrected chi connectivity index (χ4v) is 5.37. The van der Waals surface area contributed by atoms with Crippen molar-refractivity contribution >= 4 is 17.6 Å². The van der Waals surface area contributed by atoms with E-state index < -0.39 is 12.6 Å². The molecule has 4 rings (SSSR count). The SMILES string of the molecule is C=C(C)[C@H]1C[C@H](c2cccc(Cl)c2)[C@H](C(C)C)O[C@@H]1c1cc(OCc2ccccc2)ccc1OCC(=O)O. The molecule has 1 aliphatic heterocycles. The van der Waals surface area contributed by atoms with Gasteiger partial charge in [0.25, 0.3) is 0 Å². The number of hydrogen-bond donors (Lipinski definition) is 1. The van der Waals surface area contributed by atoms with E-state index in [-0.39, 0.29) is 30.0 Å². The van der Waals surface area contributed by atoms with Crippen molar-refractivity contribution in [3.63, 3.8) is 0 Å². The van der Waals surface area contributed by atoms with E-state index in [4.69, 9.17) is 25.8 Å². The lowest BCUT2D eigenvalue weighted by Gasteiger charge is -2.44. The van der Waals surface area contributed by atoms with Crippen LogP contribution in [0.15, 0.2) is 84.9 Å². The Labute approximate surface area is 230 Å². The Hall–Kier alpha value is -3.28. The zero-order chi connectivity index (χ0) is 27.2.